The molecule has 1 aromatic carbocycles. The minimum Gasteiger partial charge on any atom is -0.355 e. The Balaban J connectivity index is 1.58. The summed E-state index contributed by atoms with van der Waals surface area (Å²) in [7, 11) is 1.82. The minimum absolute atomic E-state index is 0.121. The van der Waals surface area contributed by atoms with Crippen molar-refractivity contribution in [3.63, 3.8) is 0 Å². The van der Waals surface area contributed by atoms with Crippen LogP contribution in [0.15, 0.2) is 41.5 Å². The minimum atomic E-state index is 0.121. The molecule has 0 saturated carbocycles. The van der Waals surface area contributed by atoms with Gasteiger partial charge in [0, 0.05) is 30.7 Å². The van der Waals surface area contributed by atoms with Gasteiger partial charge in [0.1, 0.15) is 0 Å². The third-order valence-electron chi connectivity index (χ3n) is 5.30. The molecule has 140 valence electrons. The van der Waals surface area contributed by atoms with E-state index in [1.807, 2.05) is 19.3 Å². The maximum absolute atomic E-state index is 4.54. The number of likely N-dealkylation sites (tertiary alicyclic amines) is 1. The van der Waals surface area contributed by atoms with Gasteiger partial charge in [0.15, 0.2) is 5.96 Å². The van der Waals surface area contributed by atoms with Crippen LogP contribution in [-0.4, -0.2) is 48.1 Å². The van der Waals surface area contributed by atoms with Gasteiger partial charge in [-0.15, -0.1) is 0 Å². The van der Waals surface area contributed by atoms with Crippen molar-refractivity contribution in [2.45, 2.75) is 45.2 Å². The van der Waals surface area contributed by atoms with Gasteiger partial charge in [-0.1, -0.05) is 30.7 Å². The molecule has 0 spiro atoms. The lowest BCUT2D eigenvalue weighted by Gasteiger charge is -2.41. The standard InChI is InChI=1S/C21H31N5/c1-21(2,26-13-7-4-8-14-26)16-25-20(22-3)24-15-19-18-10-6-5-9-17(18)11-12-23-19/h5-6,9-12H,4,7-8,13-16H2,1-3H3,(H2,22,24,25). The Morgan fingerprint density at radius 1 is 1.12 bits per heavy atom. The molecule has 0 atom stereocenters. The monoisotopic (exact) mass is 353 g/mol. The summed E-state index contributed by atoms with van der Waals surface area (Å²) in [5.74, 6) is 0.824. The third-order valence-corrected chi connectivity index (χ3v) is 5.30. The summed E-state index contributed by atoms with van der Waals surface area (Å²) < 4.78 is 0. The lowest BCUT2D eigenvalue weighted by atomic mass is 9.98. The molecular formula is C21H31N5. The van der Waals surface area contributed by atoms with Crippen molar-refractivity contribution in [2.24, 2.45) is 4.99 Å². The average molecular weight is 354 g/mol. The maximum Gasteiger partial charge on any atom is 0.191 e. The number of piperidine rings is 1. The molecule has 5 nitrogen and oxygen atoms in total. The SMILES string of the molecule is CN=C(NCc1nccc2ccccc12)NCC(C)(C)N1CCCCC1. The lowest BCUT2D eigenvalue weighted by molar-refractivity contribution is 0.0982. The van der Waals surface area contributed by atoms with Crippen LogP contribution >= 0.6 is 0 Å². The van der Waals surface area contributed by atoms with Gasteiger partial charge in [-0.3, -0.25) is 14.9 Å². The van der Waals surface area contributed by atoms with Crippen LogP contribution in [0.1, 0.15) is 38.8 Å². The molecule has 1 aromatic heterocycles. The Labute approximate surface area is 156 Å². The molecule has 5 heteroatoms. The Morgan fingerprint density at radius 3 is 2.65 bits per heavy atom. The van der Waals surface area contributed by atoms with E-state index in [2.05, 4.69) is 63.6 Å². The van der Waals surface area contributed by atoms with E-state index in [1.165, 1.54) is 43.1 Å². The predicted molar refractivity (Wildman–Crippen MR) is 109 cm³/mol. The maximum atomic E-state index is 4.54. The summed E-state index contributed by atoms with van der Waals surface area (Å²) in [5, 5.41) is 9.31. The zero-order valence-electron chi connectivity index (χ0n) is 16.3. The van der Waals surface area contributed by atoms with Crippen LogP contribution in [0.3, 0.4) is 0 Å². The summed E-state index contributed by atoms with van der Waals surface area (Å²) >= 11 is 0. The number of nitrogens with one attached hydrogen (secondary N) is 2. The Kier molecular flexibility index (Phi) is 6.09. The zero-order chi connectivity index (χ0) is 18.4. The molecule has 1 fully saturated rings. The summed E-state index contributed by atoms with van der Waals surface area (Å²) in [4.78, 5) is 11.5. The van der Waals surface area contributed by atoms with E-state index in [9.17, 15) is 0 Å². The van der Waals surface area contributed by atoms with Crippen LogP contribution in [0, 0.1) is 0 Å². The zero-order valence-corrected chi connectivity index (χ0v) is 16.3. The molecule has 3 rings (SSSR count). The van der Waals surface area contributed by atoms with Gasteiger partial charge in [-0.25, -0.2) is 0 Å². The molecule has 0 radical (unpaired) electrons. The van der Waals surface area contributed by atoms with Crippen LogP contribution in [0.25, 0.3) is 10.8 Å². The number of aliphatic imine (C=N–C) groups is 1. The Morgan fingerprint density at radius 2 is 1.88 bits per heavy atom. The first-order valence-corrected chi connectivity index (χ1v) is 9.62. The van der Waals surface area contributed by atoms with E-state index in [-0.39, 0.29) is 5.54 Å². The molecule has 1 aliphatic rings. The van der Waals surface area contributed by atoms with Gasteiger partial charge in [0.05, 0.1) is 12.2 Å². The van der Waals surface area contributed by atoms with Crippen molar-refractivity contribution in [3.05, 3.63) is 42.2 Å². The second-order valence-corrected chi connectivity index (χ2v) is 7.62. The van der Waals surface area contributed by atoms with Gasteiger partial charge in [0.2, 0.25) is 0 Å². The smallest absolute Gasteiger partial charge is 0.191 e. The fraction of sp³-hybridized carbons (Fsp3) is 0.524. The third kappa shape index (κ3) is 4.52. The first kappa shape index (κ1) is 18.6. The number of pyridine rings is 1. The number of aromatic nitrogens is 1. The van der Waals surface area contributed by atoms with E-state index >= 15 is 0 Å². The van der Waals surface area contributed by atoms with Crippen LogP contribution in [-0.2, 0) is 6.54 Å². The fourth-order valence-electron chi connectivity index (χ4n) is 3.62. The fourth-order valence-corrected chi connectivity index (χ4v) is 3.62. The molecule has 2 aromatic rings. The van der Waals surface area contributed by atoms with Gasteiger partial charge in [-0.05, 0) is 51.2 Å². The Hall–Kier alpha value is -2.14. The van der Waals surface area contributed by atoms with Crippen molar-refractivity contribution in [1.82, 2.24) is 20.5 Å². The van der Waals surface area contributed by atoms with Gasteiger partial charge >= 0.3 is 0 Å². The van der Waals surface area contributed by atoms with Crippen molar-refractivity contribution in [2.75, 3.05) is 26.7 Å². The molecular weight excluding hydrogens is 322 g/mol. The van der Waals surface area contributed by atoms with E-state index in [0.717, 1.165) is 18.2 Å². The van der Waals surface area contributed by atoms with Crippen molar-refractivity contribution < 1.29 is 0 Å². The van der Waals surface area contributed by atoms with E-state index in [1.54, 1.807) is 0 Å². The van der Waals surface area contributed by atoms with Crippen molar-refractivity contribution >= 4 is 16.7 Å². The van der Waals surface area contributed by atoms with Crippen LogP contribution < -0.4 is 10.6 Å². The number of hydrogen-bond donors (Lipinski definition) is 2. The highest BCUT2D eigenvalue weighted by Crippen LogP contribution is 2.20. The Bertz CT molecular complexity index is 742. The number of benzene rings is 1. The molecule has 1 saturated heterocycles. The van der Waals surface area contributed by atoms with Crippen LogP contribution in [0.4, 0.5) is 0 Å². The summed E-state index contributed by atoms with van der Waals surface area (Å²) in [5.41, 5.74) is 1.16. The van der Waals surface area contributed by atoms with Gasteiger partial charge < -0.3 is 10.6 Å². The molecule has 2 heterocycles. The van der Waals surface area contributed by atoms with Gasteiger partial charge in [0.25, 0.3) is 0 Å². The molecule has 0 aliphatic carbocycles. The number of rotatable bonds is 5. The summed E-state index contributed by atoms with van der Waals surface area (Å²) in [6.07, 6.45) is 5.85. The average Bonchev–Trinajstić information content (AvgIpc) is 2.69. The van der Waals surface area contributed by atoms with Crippen LogP contribution in [0.5, 0.6) is 0 Å². The largest absolute Gasteiger partial charge is 0.355 e. The second kappa shape index (κ2) is 8.49. The highest BCUT2D eigenvalue weighted by atomic mass is 15.2. The molecule has 0 bridgehead atoms. The molecule has 0 unspecified atom stereocenters. The highest BCUT2D eigenvalue weighted by Gasteiger charge is 2.27. The number of nitrogens with zero attached hydrogens (tertiary/aromatic N) is 3. The van der Waals surface area contributed by atoms with Crippen LogP contribution in [0.2, 0.25) is 0 Å². The van der Waals surface area contributed by atoms with E-state index in [0.29, 0.717) is 6.54 Å². The molecule has 1 aliphatic heterocycles. The number of hydrogen-bond acceptors (Lipinski definition) is 3. The second-order valence-electron chi connectivity index (χ2n) is 7.62. The first-order valence-electron chi connectivity index (χ1n) is 9.62. The molecule has 2 N–H and O–H groups in total. The predicted octanol–water partition coefficient (Wildman–Crippen LogP) is 3.16. The molecule has 0 amide bonds. The molecule has 26 heavy (non-hydrogen) atoms. The summed E-state index contributed by atoms with van der Waals surface area (Å²) in [6, 6.07) is 10.4. The summed E-state index contributed by atoms with van der Waals surface area (Å²) in [6.45, 7) is 8.54. The first-order chi connectivity index (χ1) is 12.6. The quantitative estimate of drug-likeness (QED) is 0.640. The topological polar surface area (TPSA) is 52.6 Å². The highest BCUT2D eigenvalue weighted by molar-refractivity contribution is 5.85. The van der Waals surface area contributed by atoms with E-state index < -0.39 is 0 Å². The van der Waals surface area contributed by atoms with E-state index in [4.69, 9.17) is 0 Å². The van der Waals surface area contributed by atoms with Crippen molar-refractivity contribution in [1.29, 1.82) is 0 Å². The normalized spacial score (nSPS) is 16.7. The number of fused-ring (bicyclic) bond motifs is 1. The lowest BCUT2D eigenvalue weighted by Crippen LogP contribution is -2.54. The number of guanidine groups is 1. The van der Waals surface area contributed by atoms with Gasteiger partial charge in [-0.2, -0.15) is 0 Å². The van der Waals surface area contributed by atoms with Crippen molar-refractivity contribution in [3.8, 4) is 0 Å².